The maximum Gasteiger partial charge on any atom is 0.306 e. The average molecular weight is 615 g/mol. The largest absolute Gasteiger partial charge is 0.496 e. The summed E-state index contributed by atoms with van der Waals surface area (Å²) >= 11 is 0. The molecule has 0 unspecified atom stereocenters. The highest BCUT2D eigenvalue weighted by Gasteiger charge is 2.23. The van der Waals surface area contributed by atoms with Gasteiger partial charge in [0.05, 0.1) is 33.3 Å². The van der Waals surface area contributed by atoms with Crippen molar-refractivity contribution < 1.29 is 44.5 Å². The maximum absolute atomic E-state index is 12.1. The van der Waals surface area contributed by atoms with Crippen molar-refractivity contribution in [1.29, 1.82) is 0 Å². The van der Waals surface area contributed by atoms with Crippen molar-refractivity contribution in [2.24, 2.45) is 0 Å². The number of methoxy groups -OCH3 is 2. The van der Waals surface area contributed by atoms with E-state index in [1.54, 1.807) is 30.3 Å². The SMILES string of the molecule is COc1cc(-c2ccc(OS(C)(=O)=O)cc2)c(OC)c(CO)c1-c1ccc(OCc2ccccc2)c(OS(C)(=O)=O)c1. The van der Waals surface area contributed by atoms with Crippen LogP contribution in [0.5, 0.6) is 28.7 Å². The summed E-state index contributed by atoms with van der Waals surface area (Å²) < 4.78 is 74.7. The summed E-state index contributed by atoms with van der Waals surface area (Å²) in [7, 11) is -4.70. The molecule has 0 bridgehead atoms. The quantitative estimate of drug-likeness (QED) is 0.222. The third kappa shape index (κ3) is 7.52. The molecule has 4 rings (SSSR count). The van der Waals surface area contributed by atoms with Crippen LogP contribution in [0.4, 0.5) is 0 Å². The summed E-state index contributed by atoms with van der Waals surface area (Å²) in [5, 5.41) is 10.5. The second-order valence-electron chi connectivity index (χ2n) is 9.21. The number of ether oxygens (including phenoxy) is 3. The van der Waals surface area contributed by atoms with Gasteiger partial charge in [0.1, 0.15) is 23.9 Å². The van der Waals surface area contributed by atoms with Gasteiger partial charge in [-0.05, 0) is 47.0 Å². The summed E-state index contributed by atoms with van der Waals surface area (Å²) in [6, 6.07) is 22.1. The van der Waals surface area contributed by atoms with Crippen LogP contribution in [0.2, 0.25) is 0 Å². The van der Waals surface area contributed by atoms with Crippen LogP contribution in [0.3, 0.4) is 0 Å². The van der Waals surface area contributed by atoms with E-state index in [1.807, 2.05) is 30.3 Å². The molecule has 0 aromatic heterocycles. The van der Waals surface area contributed by atoms with Gasteiger partial charge in [-0.1, -0.05) is 48.5 Å². The first-order chi connectivity index (χ1) is 19.9. The number of aliphatic hydroxyl groups is 1. The molecular formula is C30H30O10S2. The first-order valence-corrected chi connectivity index (χ1v) is 16.1. The molecule has 0 radical (unpaired) electrons. The second-order valence-corrected chi connectivity index (χ2v) is 12.4. The standard InChI is InChI=1S/C30H30O10S2/c1-36-28-17-24(21-10-13-23(14-11-21)39-41(3,32)33)30(37-2)25(18-31)29(28)22-12-15-26(27(16-22)40-42(4,34)35)38-19-20-8-6-5-7-9-20/h5-17,31H,18-19H2,1-4H3. The number of hydrogen-bond acceptors (Lipinski definition) is 10. The molecule has 10 nitrogen and oxygen atoms in total. The van der Waals surface area contributed by atoms with Crippen molar-refractivity contribution in [1.82, 2.24) is 0 Å². The van der Waals surface area contributed by atoms with Gasteiger partial charge in [0.15, 0.2) is 11.5 Å². The molecule has 12 heteroatoms. The van der Waals surface area contributed by atoms with Gasteiger partial charge in [-0.15, -0.1) is 0 Å². The molecule has 0 saturated heterocycles. The lowest BCUT2D eigenvalue weighted by Gasteiger charge is -2.21. The maximum atomic E-state index is 12.1. The van der Waals surface area contributed by atoms with E-state index in [4.69, 9.17) is 22.6 Å². The van der Waals surface area contributed by atoms with Crippen molar-refractivity contribution in [3.05, 3.63) is 90.0 Å². The molecule has 0 fully saturated rings. The topological polar surface area (TPSA) is 135 Å². The zero-order chi connectivity index (χ0) is 30.5. The van der Waals surface area contributed by atoms with Gasteiger partial charge in [-0.2, -0.15) is 16.8 Å². The van der Waals surface area contributed by atoms with Gasteiger partial charge in [0.25, 0.3) is 0 Å². The molecule has 0 aliphatic heterocycles. The number of rotatable bonds is 12. The Hall–Kier alpha value is -4.26. The number of aliphatic hydroxyl groups excluding tert-OH is 1. The van der Waals surface area contributed by atoms with Gasteiger partial charge in [0.2, 0.25) is 0 Å². The summed E-state index contributed by atoms with van der Waals surface area (Å²) in [5.74, 6) is 0.993. The Morgan fingerprint density at radius 1 is 0.690 bits per heavy atom. The van der Waals surface area contributed by atoms with Crippen LogP contribution in [0.1, 0.15) is 11.1 Å². The summed E-state index contributed by atoms with van der Waals surface area (Å²) in [6.07, 6.45) is 1.89. The summed E-state index contributed by atoms with van der Waals surface area (Å²) in [6.45, 7) is -0.269. The second kappa shape index (κ2) is 12.7. The van der Waals surface area contributed by atoms with Gasteiger partial charge >= 0.3 is 20.2 Å². The smallest absolute Gasteiger partial charge is 0.306 e. The Morgan fingerprint density at radius 3 is 1.90 bits per heavy atom. The Kier molecular flexibility index (Phi) is 9.30. The van der Waals surface area contributed by atoms with Gasteiger partial charge in [0, 0.05) is 16.7 Å². The predicted molar refractivity (Wildman–Crippen MR) is 158 cm³/mol. The van der Waals surface area contributed by atoms with E-state index in [9.17, 15) is 21.9 Å². The molecule has 0 heterocycles. The van der Waals surface area contributed by atoms with Gasteiger partial charge in [-0.3, -0.25) is 0 Å². The van der Waals surface area contributed by atoms with E-state index in [1.165, 1.54) is 32.4 Å². The molecule has 4 aromatic rings. The van der Waals surface area contributed by atoms with Crippen LogP contribution in [0.25, 0.3) is 22.3 Å². The molecule has 0 amide bonds. The zero-order valence-corrected chi connectivity index (χ0v) is 25.0. The van der Waals surface area contributed by atoms with Crippen molar-refractivity contribution in [3.8, 4) is 51.0 Å². The molecule has 1 N–H and O–H groups in total. The lowest BCUT2D eigenvalue weighted by atomic mass is 9.92. The predicted octanol–water partition coefficient (Wildman–Crippen LogP) is 4.79. The van der Waals surface area contributed by atoms with Crippen LogP contribution in [0.15, 0.2) is 78.9 Å². The minimum Gasteiger partial charge on any atom is -0.496 e. The Labute approximate surface area is 245 Å². The monoisotopic (exact) mass is 614 g/mol. The summed E-state index contributed by atoms with van der Waals surface area (Å²) in [4.78, 5) is 0. The Balaban J connectivity index is 1.82. The van der Waals surface area contributed by atoms with Crippen LogP contribution in [-0.4, -0.2) is 48.7 Å². The Morgan fingerprint density at radius 2 is 1.33 bits per heavy atom. The number of benzene rings is 4. The fraction of sp³-hybridized carbons (Fsp3) is 0.200. The summed E-state index contributed by atoms with van der Waals surface area (Å²) in [5.41, 5.74) is 3.37. The van der Waals surface area contributed by atoms with Gasteiger partial charge < -0.3 is 27.7 Å². The molecule has 0 atom stereocenters. The van der Waals surface area contributed by atoms with E-state index in [0.717, 1.165) is 18.1 Å². The van der Waals surface area contributed by atoms with E-state index in [-0.39, 0.29) is 23.9 Å². The van der Waals surface area contributed by atoms with Crippen molar-refractivity contribution in [2.45, 2.75) is 13.2 Å². The highest BCUT2D eigenvalue weighted by atomic mass is 32.2. The third-order valence-electron chi connectivity index (χ3n) is 6.05. The van der Waals surface area contributed by atoms with E-state index in [0.29, 0.717) is 39.3 Å². The molecular weight excluding hydrogens is 584 g/mol. The van der Waals surface area contributed by atoms with Crippen molar-refractivity contribution in [2.75, 3.05) is 26.7 Å². The van der Waals surface area contributed by atoms with E-state index >= 15 is 0 Å². The molecule has 222 valence electrons. The van der Waals surface area contributed by atoms with Crippen molar-refractivity contribution in [3.63, 3.8) is 0 Å². The normalized spacial score (nSPS) is 11.5. The fourth-order valence-corrected chi connectivity index (χ4v) is 5.30. The molecule has 4 aromatic carbocycles. The zero-order valence-electron chi connectivity index (χ0n) is 23.4. The number of hydrogen-bond donors (Lipinski definition) is 1. The third-order valence-corrected chi connectivity index (χ3v) is 7.03. The molecule has 0 spiro atoms. The first kappa shape index (κ1) is 30.7. The van der Waals surface area contributed by atoms with Crippen molar-refractivity contribution >= 4 is 20.2 Å². The first-order valence-electron chi connectivity index (χ1n) is 12.5. The minimum absolute atomic E-state index is 0.0404. The fourth-order valence-electron chi connectivity index (χ4n) is 4.38. The van der Waals surface area contributed by atoms with Crippen LogP contribution in [-0.2, 0) is 33.5 Å². The lowest BCUT2D eigenvalue weighted by Crippen LogP contribution is -2.08. The van der Waals surface area contributed by atoms with Crippen LogP contribution >= 0.6 is 0 Å². The van der Waals surface area contributed by atoms with E-state index < -0.39 is 26.8 Å². The van der Waals surface area contributed by atoms with Crippen LogP contribution in [0, 0.1) is 0 Å². The average Bonchev–Trinajstić information content (AvgIpc) is 2.94. The van der Waals surface area contributed by atoms with E-state index in [2.05, 4.69) is 0 Å². The Bertz CT molecular complexity index is 1770. The lowest BCUT2D eigenvalue weighted by molar-refractivity contribution is 0.273. The molecule has 0 saturated carbocycles. The van der Waals surface area contributed by atoms with Crippen LogP contribution < -0.4 is 22.6 Å². The highest BCUT2D eigenvalue weighted by Crippen LogP contribution is 2.47. The molecule has 0 aliphatic carbocycles. The highest BCUT2D eigenvalue weighted by molar-refractivity contribution is 7.86. The molecule has 42 heavy (non-hydrogen) atoms. The minimum atomic E-state index is -3.92. The van der Waals surface area contributed by atoms with Gasteiger partial charge in [-0.25, -0.2) is 0 Å². The molecule has 0 aliphatic rings.